The second-order valence-electron chi connectivity index (χ2n) is 6.97. The van der Waals surface area contributed by atoms with Crippen LogP contribution in [0.15, 0.2) is 30.3 Å². The molecule has 0 aliphatic heterocycles. The fourth-order valence-electron chi connectivity index (χ4n) is 2.16. The second-order valence-corrected chi connectivity index (χ2v) is 6.97. The van der Waals surface area contributed by atoms with Gasteiger partial charge in [-0.1, -0.05) is 36.4 Å². The highest BCUT2D eigenvalue weighted by Gasteiger charge is 2.15. The van der Waals surface area contributed by atoms with Crippen LogP contribution >= 0.6 is 0 Å². The van der Waals surface area contributed by atoms with E-state index in [-0.39, 0.29) is 24.6 Å². The van der Waals surface area contributed by atoms with Gasteiger partial charge in [-0.2, -0.15) is 0 Å². The Morgan fingerprint density at radius 2 is 1.74 bits per heavy atom. The molecular weight excluding hydrogens is 346 g/mol. The SMILES string of the molecule is CCOC(=O)CCC(=O)c1ccc(C=CCCNC(=O)OC(C)(C)C)cc1. The third-order valence-corrected chi connectivity index (χ3v) is 3.38. The molecule has 0 aliphatic carbocycles. The van der Waals surface area contributed by atoms with E-state index in [9.17, 15) is 14.4 Å². The molecule has 6 heteroatoms. The van der Waals surface area contributed by atoms with Gasteiger partial charge in [-0.3, -0.25) is 9.59 Å². The molecule has 27 heavy (non-hydrogen) atoms. The number of esters is 1. The van der Waals surface area contributed by atoms with Crippen molar-refractivity contribution < 1.29 is 23.9 Å². The van der Waals surface area contributed by atoms with E-state index in [0.717, 1.165) is 5.56 Å². The number of hydrogen-bond donors (Lipinski definition) is 1. The Morgan fingerprint density at radius 3 is 2.33 bits per heavy atom. The number of ketones is 1. The summed E-state index contributed by atoms with van der Waals surface area (Å²) in [5, 5.41) is 2.69. The van der Waals surface area contributed by atoms with Crippen molar-refractivity contribution in [1.29, 1.82) is 0 Å². The molecule has 0 aromatic heterocycles. The number of carbonyl (C=O) groups is 3. The van der Waals surface area contributed by atoms with E-state index in [1.807, 2.05) is 45.1 Å². The first-order valence-corrected chi connectivity index (χ1v) is 9.13. The van der Waals surface area contributed by atoms with Crippen molar-refractivity contribution in [3.8, 4) is 0 Å². The minimum atomic E-state index is -0.505. The molecule has 1 aromatic rings. The van der Waals surface area contributed by atoms with E-state index in [0.29, 0.717) is 25.1 Å². The molecule has 1 N–H and O–H groups in total. The number of Topliss-reactive ketones (excluding diaryl/α,β-unsaturated/α-hetero) is 1. The summed E-state index contributed by atoms with van der Waals surface area (Å²) in [6.07, 6.45) is 4.34. The van der Waals surface area contributed by atoms with E-state index in [2.05, 4.69) is 5.32 Å². The highest BCUT2D eigenvalue weighted by atomic mass is 16.6. The van der Waals surface area contributed by atoms with Gasteiger partial charge in [0.1, 0.15) is 5.60 Å². The maximum Gasteiger partial charge on any atom is 0.407 e. The van der Waals surface area contributed by atoms with E-state index in [4.69, 9.17) is 9.47 Å². The predicted octanol–water partition coefficient (Wildman–Crippen LogP) is 4.14. The van der Waals surface area contributed by atoms with Gasteiger partial charge in [-0.25, -0.2) is 4.79 Å². The van der Waals surface area contributed by atoms with Crippen LogP contribution in [0.4, 0.5) is 4.79 Å². The lowest BCUT2D eigenvalue weighted by Crippen LogP contribution is -2.32. The average molecular weight is 375 g/mol. The molecule has 0 aliphatic rings. The molecule has 0 unspecified atom stereocenters. The van der Waals surface area contributed by atoms with Crippen molar-refractivity contribution >= 4 is 23.9 Å². The molecule has 1 aromatic carbocycles. The fourth-order valence-corrected chi connectivity index (χ4v) is 2.16. The van der Waals surface area contributed by atoms with Crippen molar-refractivity contribution in [1.82, 2.24) is 5.32 Å². The van der Waals surface area contributed by atoms with Crippen LogP contribution in [0.3, 0.4) is 0 Å². The Morgan fingerprint density at radius 1 is 1.07 bits per heavy atom. The zero-order chi connectivity index (χ0) is 20.3. The summed E-state index contributed by atoms with van der Waals surface area (Å²) in [6.45, 7) is 7.99. The van der Waals surface area contributed by atoms with Crippen molar-refractivity contribution in [3.63, 3.8) is 0 Å². The first kappa shape index (κ1) is 22.4. The predicted molar refractivity (Wildman–Crippen MR) is 105 cm³/mol. The topological polar surface area (TPSA) is 81.7 Å². The number of nitrogens with one attached hydrogen (secondary N) is 1. The van der Waals surface area contributed by atoms with Gasteiger partial charge in [0.05, 0.1) is 13.0 Å². The minimum absolute atomic E-state index is 0.0832. The van der Waals surface area contributed by atoms with Crippen LogP contribution < -0.4 is 5.32 Å². The third-order valence-electron chi connectivity index (χ3n) is 3.38. The van der Waals surface area contributed by atoms with E-state index >= 15 is 0 Å². The van der Waals surface area contributed by atoms with Crippen LogP contribution in [-0.2, 0) is 14.3 Å². The zero-order valence-corrected chi connectivity index (χ0v) is 16.5. The molecule has 1 amide bonds. The van der Waals surface area contributed by atoms with Crippen molar-refractivity contribution in [2.45, 2.75) is 52.6 Å². The Bertz CT molecular complexity index is 656. The average Bonchev–Trinajstić information content (AvgIpc) is 2.58. The minimum Gasteiger partial charge on any atom is -0.466 e. The summed E-state index contributed by atoms with van der Waals surface area (Å²) in [4.78, 5) is 34.9. The van der Waals surface area contributed by atoms with Crippen LogP contribution in [0.1, 0.15) is 62.9 Å². The lowest BCUT2D eigenvalue weighted by atomic mass is 10.0. The van der Waals surface area contributed by atoms with Gasteiger partial charge < -0.3 is 14.8 Å². The Balaban J connectivity index is 2.37. The van der Waals surface area contributed by atoms with Gasteiger partial charge in [-0.15, -0.1) is 0 Å². The number of hydrogen-bond acceptors (Lipinski definition) is 5. The summed E-state index contributed by atoms with van der Waals surface area (Å²) in [7, 11) is 0. The zero-order valence-electron chi connectivity index (χ0n) is 16.5. The summed E-state index contributed by atoms with van der Waals surface area (Å²) in [5.74, 6) is -0.439. The molecule has 0 heterocycles. The number of amides is 1. The van der Waals surface area contributed by atoms with Gasteiger partial charge in [0.15, 0.2) is 5.78 Å². The van der Waals surface area contributed by atoms with Crippen LogP contribution in [-0.4, -0.2) is 36.6 Å². The number of ether oxygens (including phenoxy) is 2. The van der Waals surface area contributed by atoms with E-state index in [1.165, 1.54) is 0 Å². The van der Waals surface area contributed by atoms with E-state index < -0.39 is 11.7 Å². The number of carbonyl (C=O) groups excluding carboxylic acids is 3. The highest BCUT2D eigenvalue weighted by molar-refractivity contribution is 5.97. The highest BCUT2D eigenvalue weighted by Crippen LogP contribution is 2.10. The Hall–Kier alpha value is -2.63. The number of benzene rings is 1. The third kappa shape index (κ3) is 10.2. The van der Waals surface area contributed by atoms with Gasteiger partial charge >= 0.3 is 12.1 Å². The maximum absolute atomic E-state index is 12.0. The van der Waals surface area contributed by atoms with Crippen molar-refractivity contribution in [3.05, 3.63) is 41.5 Å². The summed E-state index contributed by atoms with van der Waals surface area (Å²) in [5.41, 5.74) is 1.02. The fraction of sp³-hybridized carbons (Fsp3) is 0.476. The Labute approximate surface area is 160 Å². The second kappa shape index (κ2) is 11.2. The number of alkyl carbamates (subject to hydrolysis) is 1. The van der Waals surface area contributed by atoms with E-state index in [1.54, 1.807) is 19.1 Å². The summed E-state index contributed by atoms with van der Waals surface area (Å²) < 4.78 is 9.97. The maximum atomic E-state index is 12.0. The molecule has 148 valence electrons. The molecule has 0 saturated heterocycles. The van der Waals surface area contributed by atoms with Crippen LogP contribution in [0, 0.1) is 0 Å². The largest absolute Gasteiger partial charge is 0.466 e. The number of rotatable bonds is 9. The van der Waals surface area contributed by atoms with Gasteiger partial charge in [0.25, 0.3) is 0 Å². The normalized spacial score (nSPS) is 11.3. The quantitative estimate of drug-likeness (QED) is 0.398. The Kier molecular flexibility index (Phi) is 9.26. The van der Waals surface area contributed by atoms with Crippen molar-refractivity contribution in [2.24, 2.45) is 0 Å². The van der Waals surface area contributed by atoms with Gasteiger partial charge in [0.2, 0.25) is 0 Å². The summed E-state index contributed by atoms with van der Waals surface area (Å²) in [6, 6.07) is 7.17. The van der Waals surface area contributed by atoms with Crippen LogP contribution in [0.25, 0.3) is 6.08 Å². The van der Waals surface area contributed by atoms with Gasteiger partial charge in [-0.05, 0) is 39.7 Å². The molecular formula is C21H29NO5. The first-order valence-electron chi connectivity index (χ1n) is 9.13. The lowest BCUT2D eigenvalue weighted by molar-refractivity contribution is -0.143. The lowest BCUT2D eigenvalue weighted by Gasteiger charge is -2.19. The van der Waals surface area contributed by atoms with Crippen LogP contribution in [0.2, 0.25) is 0 Å². The first-order chi connectivity index (χ1) is 12.7. The monoisotopic (exact) mass is 375 g/mol. The van der Waals surface area contributed by atoms with Crippen LogP contribution in [0.5, 0.6) is 0 Å². The molecule has 0 fully saturated rings. The molecule has 0 radical (unpaired) electrons. The smallest absolute Gasteiger partial charge is 0.407 e. The molecule has 0 bridgehead atoms. The molecule has 6 nitrogen and oxygen atoms in total. The molecule has 0 atom stereocenters. The van der Waals surface area contributed by atoms with Gasteiger partial charge in [0, 0.05) is 18.5 Å². The molecule has 0 spiro atoms. The molecule has 0 saturated carbocycles. The molecule has 1 rings (SSSR count). The summed E-state index contributed by atoms with van der Waals surface area (Å²) >= 11 is 0. The standard InChI is InChI=1S/C21H29NO5/c1-5-26-19(24)14-13-18(23)17-11-9-16(10-12-17)8-6-7-15-22-20(25)27-21(2,3)4/h6,8-12H,5,7,13-15H2,1-4H3,(H,22,25). The van der Waals surface area contributed by atoms with Crippen molar-refractivity contribution in [2.75, 3.05) is 13.2 Å².